The van der Waals surface area contributed by atoms with Gasteiger partial charge in [-0.2, -0.15) is 0 Å². The standard InChI is InChI=1S/C11H23NO/c1-10(2)11-4-3-6-12(7-5-11)8-9-13/h10-11,13H,3-9H2,1-2H3. The fourth-order valence-corrected chi connectivity index (χ4v) is 2.21. The second-order valence-corrected chi connectivity index (χ2v) is 4.50. The van der Waals surface area contributed by atoms with Crippen LogP contribution in [0, 0.1) is 11.8 Å². The van der Waals surface area contributed by atoms with Gasteiger partial charge in [0.05, 0.1) is 6.61 Å². The Hall–Kier alpha value is -0.0800. The third kappa shape index (κ3) is 3.65. The molecule has 2 heteroatoms. The van der Waals surface area contributed by atoms with Crippen LogP contribution in [0.25, 0.3) is 0 Å². The van der Waals surface area contributed by atoms with Gasteiger partial charge < -0.3 is 10.0 Å². The molecule has 1 aliphatic rings. The Balaban J connectivity index is 2.30. The molecular weight excluding hydrogens is 162 g/mol. The van der Waals surface area contributed by atoms with Gasteiger partial charge in [0.1, 0.15) is 0 Å². The van der Waals surface area contributed by atoms with E-state index in [-0.39, 0.29) is 0 Å². The predicted molar refractivity (Wildman–Crippen MR) is 55.7 cm³/mol. The molecule has 1 rings (SSSR count). The second kappa shape index (κ2) is 5.61. The molecule has 0 aromatic heterocycles. The van der Waals surface area contributed by atoms with Crippen LogP contribution >= 0.6 is 0 Å². The van der Waals surface area contributed by atoms with Gasteiger partial charge >= 0.3 is 0 Å². The van der Waals surface area contributed by atoms with Crippen molar-refractivity contribution in [3.63, 3.8) is 0 Å². The fourth-order valence-electron chi connectivity index (χ4n) is 2.21. The summed E-state index contributed by atoms with van der Waals surface area (Å²) in [7, 11) is 0. The van der Waals surface area contributed by atoms with Gasteiger partial charge in [0.15, 0.2) is 0 Å². The first kappa shape index (κ1) is 11.0. The highest BCUT2D eigenvalue weighted by Crippen LogP contribution is 2.24. The van der Waals surface area contributed by atoms with Crippen molar-refractivity contribution in [1.82, 2.24) is 4.90 Å². The van der Waals surface area contributed by atoms with Crippen LogP contribution < -0.4 is 0 Å². The van der Waals surface area contributed by atoms with Gasteiger partial charge in [-0.05, 0) is 44.2 Å². The lowest BCUT2D eigenvalue weighted by molar-refractivity contribution is 0.197. The van der Waals surface area contributed by atoms with Crippen LogP contribution in [0.5, 0.6) is 0 Å². The van der Waals surface area contributed by atoms with Crippen molar-refractivity contribution in [2.75, 3.05) is 26.2 Å². The molecule has 1 heterocycles. The van der Waals surface area contributed by atoms with E-state index in [0.29, 0.717) is 6.61 Å². The molecule has 1 fully saturated rings. The van der Waals surface area contributed by atoms with E-state index < -0.39 is 0 Å². The van der Waals surface area contributed by atoms with Crippen molar-refractivity contribution in [2.45, 2.75) is 33.1 Å². The summed E-state index contributed by atoms with van der Waals surface area (Å²) in [4.78, 5) is 2.39. The van der Waals surface area contributed by atoms with Crippen molar-refractivity contribution in [3.8, 4) is 0 Å². The lowest BCUT2D eigenvalue weighted by Crippen LogP contribution is -2.28. The molecule has 0 bridgehead atoms. The molecule has 78 valence electrons. The summed E-state index contributed by atoms with van der Waals surface area (Å²) >= 11 is 0. The minimum absolute atomic E-state index is 0.312. The molecule has 1 unspecified atom stereocenters. The fraction of sp³-hybridized carbons (Fsp3) is 1.00. The number of hydrogen-bond donors (Lipinski definition) is 1. The lowest BCUT2D eigenvalue weighted by Gasteiger charge is -2.20. The van der Waals surface area contributed by atoms with Crippen LogP contribution in [-0.4, -0.2) is 36.2 Å². The number of likely N-dealkylation sites (tertiary alicyclic amines) is 1. The molecule has 1 atom stereocenters. The van der Waals surface area contributed by atoms with E-state index in [9.17, 15) is 0 Å². The molecule has 2 nitrogen and oxygen atoms in total. The zero-order valence-corrected chi connectivity index (χ0v) is 9.00. The van der Waals surface area contributed by atoms with E-state index in [1.165, 1.54) is 32.4 Å². The molecule has 0 aliphatic carbocycles. The number of hydrogen-bond acceptors (Lipinski definition) is 2. The Kier molecular flexibility index (Phi) is 4.74. The smallest absolute Gasteiger partial charge is 0.0558 e. The number of rotatable bonds is 3. The van der Waals surface area contributed by atoms with E-state index in [1.807, 2.05) is 0 Å². The zero-order valence-electron chi connectivity index (χ0n) is 9.00. The highest BCUT2D eigenvalue weighted by atomic mass is 16.3. The number of β-amino-alcohol motifs (C(OH)–C–C–N with tert-alkyl or cyclic N) is 1. The molecule has 13 heavy (non-hydrogen) atoms. The maximum Gasteiger partial charge on any atom is 0.0558 e. The third-order valence-corrected chi connectivity index (χ3v) is 3.22. The van der Waals surface area contributed by atoms with Crippen molar-refractivity contribution >= 4 is 0 Å². The first-order valence-electron chi connectivity index (χ1n) is 5.57. The maximum absolute atomic E-state index is 8.84. The largest absolute Gasteiger partial charge is 0.395 e. The topological polar surface area (TPSA) is 23.5 Å². The van der Waals surface area contributed by atoms with E-state index in [1.54, 1.807) is 0 Å². The molecule has 1 N–H and O–H groups in total. The molecule has 0 aromatic carbocycles. The van der Waals surface area contributed by atoms with Gasteiger partial charge in [0.2, 0.25) is 0 Å². The number of aliphatic hydroxyl groups is 1. The number of aliphatic hydroxyl groups excluding tert-OH is 1. The highest BCUT2D eigenvalue weighted by molar-refractivity contribution is 4.71. The van der Waals surface area contributed by atoms with Crippen LogP contribution in [0.4, 0.5) is 0 Å². The summed E-state index contributed by atoms with van der Waals surface area (Å²) in [5.74, 6) is 1.73. The van der Waals surface area contributed by atoms with Gasteiger partial charge in [-0.25, -0.2) is 0 Å². The van der Waals surface area contributed by atoms with Gasteiger partial charge in [-0.3, -0.25) is 0 Å². The van der Waals surface area contributed by atoms with Gasteiger partial charge in [0.25, 0.3) is 0 Å². The summed E-state index contributed by atoms with van der Waals surface area (Å²) in [6, 6.07) is 0. The minimum atomic E-state index is 0.312. The monoisotopic (exact) mass is 185 g/mol. The summed E-state index contributed by atoms with van der Waals surface area (Å²) in [6.45, 7) is 8.20. The van der Waals surface area contributed by atoms with Gasteiger partial charge in [-0.1, -0.05) is 13.8 Å². The SMILES string of the molecule is CC(C)C1CCCN(CCO)CC1. The Morgan fingerprint density at radius 3 is 2.69 bits per heavy atom. The van der Waals surface area contributed by atoms with E-state index in [2.05, 4.69) is 18.7 Å². The molecule has 0 radical (unpaired) electrons. The Bertz CT molecular complexity index is 136. The van der Waals surface area contributed by atoms with Crippen LogP contribution in [0.15, 0.2) is 0 Å². The molecule has 1 aliphatic heterocycles. The number of nitrogens with zero attached hydrogens (tertiary/aromatic N) is 1. The Labute approximate surface area is 81.9 Å². The Morgan fingerprint density at radius 1 is 1.31 bits per heavy atom. The summed E-state index contributed by atoms with van der Waals surface area (Å²) in [5, 5.41) is 8.84. The molecule has 1 saturated heterocycles. The van der Waals surface area contributed by atoms with Crippen LogP contribution in [-0.2, 0) is 0 Å². The normalized spacial score (nSPS) is 26.3. The summed E-state index contributed by atoms with van der Waals surface area (Å²) in [5.41, 5.74) is 0. The molecular formula is C11H23NO. The highest BCUT2D eigenvalue weighted by Gasteiger charge is 2.18. The third-order valence-electron chi connectivity index (χ3n) is 3.22. The molecule has 0 saturated carbocycles. The van der Waals surface area contributed by atoms with E-state index in [4.69, 9.17) is 5.11 Å². The van der Waals surface area contributed by atoms with Crippen molar-refractivity contribution in [1.29, 1.82) is 0 Å². The van der Waals surface area contributed by atoms with Crippen molar-refractivity contribution in [2.24, 2.45) is 11.8 Å². The zero-order chi connectivity index (χ0) is 9.68. The summed E-state index contributed by atoms with van der Waals surface area (Å²) in [6.07, 6.45) is 4.00. The van der Waals surface area contributed by atoms with Crippen molar-refractivity contribution < 1.29 is 5.11 Å². The summed E-state index contributed by atoms with van der Waals surface area (Å²) < 4.78 is 0. The predicted octanol–water partition coefficient (Wildman–Crippen LogP) is 1.74. The minimum Gasteiger partial charge on any atom is -0.395 e. The quantitative estimate of drug-likeness (QED) is 0.724. The van der Waals surface area contributed by atoms with Gasteiger partial charge in [0, 0.05) is 6.54 Å². The van der Waals surface area contributed by atoms with Crippen LogP contribution in [0.2, 0.25) is 0 Å². The first-order valence-corrected chi connectivity index (χ1v) is 5.57. The average molecular weight is 185 g/mol. The first-order chi connectivity index (χ1) is 6.24. The average Bonchev–Trinajstić information content (AvgIpc) is 2.30. The van der Waals surface area contributed by atoms with Gasteiger partial charge in [-0.15, -0.1) is 0 Å². The molecule has 0 aromatic rings. The lowest BCUT2D eigenvalue weighted by atomic mass is 9.89. The van der Waals surface area contributed by atoms with Crippen LogP contribution in [0.3, 0.4) is 0 Å². The van der Waals surface area contributed by atoms with Crippen LogP contribution in [0.1, 0.15) is 33.1 Å². The molecule has 0 amide bonds. The maximum atomic E-state index is 8.84. The molecule has 0 spiro atoms. The van der Waals surface area contributed by atoms with E-state index >= 15 is 0 Å². The Morgan fingerprint density at radius 2 is 2.08 bits per heavy atom. The van der Waals surface area contributed by atoms with Crippen molar-refractivity contribution in [3.05, 3.63) is 0 Å². The second-order valence-electron chi connectivity index (χ2n) is 4.50. The van der Waals surface area contributed by atoms with E-state index in [0.717, 1.165) is 18.4 Å².